The van der Waals surface area contributed by atoms with Crippen molar-refractivity contribution < 1.29 is 9.53 Å². The quantitative estimate of drug-likeness (QED) is 0.786. The fourth-order valence-electron chi connectivity index (χ4n) is 4.28. The van der Waals surface area contributed by atoms with Crippen molar-refractivity contribution in [3.05, 3.63) is 52.8 Å². The van der Waals surface area contributed by atoms with Crippen LogP contribution < -0.4 is 5.32 Å². The molecule has 2 aromatic rings. The first-order valence-corrected chi connectivity index (χ1v) is 10.4. The second-order valence-electron chi connectivity index (χ2n) is 8.16. The van der Waals surface area contributed by atoms with Gasteiger partial charge in [-0.05, 0) is 51.7 Å². The predicted octanol–water partition coefficient (Wildman–Crippen LogP) is 4.01. The molecule has 0 bridgehead atoms. The average molecular weight is 384 g/mol. The smallest absolute Gasteiger partial charge is 0.244 e. The number of ether oxygens (including phenoxy) is 1. The monoisotopic (exact) mass is 383 g/mol. The fourth-order valence-corrected chi connectivity index (χ4v) is 4.28. The number of nitrogens with zero attached hydrogens (tertiary/aromatic N) is 2. The molecule has 3 rings (SSSR count). The first-order valence-electron chi connectivity index (χ1n) is 10.4. The van der Waals surface area contributed by atoms with Gasteiger partial charge in [0.1, 0.15) is 6.04 Å². The van der Waals surface area contributed by atoms with Crippen molar-refractivity contribution in [2.75, 3.05) is 19.8 Å². The minimum atomic E-state index is -0.256. The van der Waals surface area contributed by atoms with Crippen LogP contribution in [0.4, 0.5) is 0 Å². The Bertz CT molecular complexity index is 806. The molecule has 1 N–H and O–H groups in total. The first kappa shape index (κ1) is 20.6. The zero-order valence-corrected chi connectivity index (χ0v) is 17.6. The van der Waals surface area contributed by atoms with Gasteiger partial charge in [0.2, 0.25) is 5.91 Å². The minimum absolute atomic E-state index is 0.0616. The van der Waals surface area contributed by atoms with E-state index >= 15 is 0 Å². The van der Waals surface area contributed by atoms with Crippen molar-refractivity contribution in [1.82, 2.24) is 15.1 Å². The number of aromatic nitrogens is 2. The van der Waals surface area contributed by atoms with Crippen LogP contribution in [0, 0.1) is 20.8 Å². The van der Waals surface area contributed by atoms with Crippen LogP contribution in [0.3, 0.4) is 0 Å². The SMILES string of the molecule is CCC[C@H](C(=O)NCC1(c2cccc(C)c2)CCOCC1)n1nc(C)cc1C. The summed E-state index contributed by atoms with van der Waals surface area (Å²) in [5.41, 5.74) is 4.47. The fraction of sp³-hybridized carbons (Fsp3) is 0.565. The average Bonchev–Trinajstić information content (AvgIpc) is 3.02. The van der Waals surface area contributed by atoms with Crippen LogP contribution in [-0.4, -0.2) is 35.4 Å². The van der Waals surface area contributed by atoms with Gasteiger partial charge in [0.05, 0.1) is 5.69 Å². The molecule has 1 aromatic carbocycles. The Morgan fingerprint density at radius 3 is 2.61 bits per heavy atom. The van der Waals surface area contributed by atoms with Gasteiger partial charge in [-0.3, -0.25) is 9.48 Å². The summed E-state index contributed by atoms with van der Waals surface area (Å²) in [4.78, 5) is 13.2. The molecule has 28 heavy (non-hydrogen) atoms. The summed E-state index contributed by atoms with van der Waals surface area (Å²) in [5.74, 6) is 0.0616. The number of aryl methyl sites for hydroxylation is 3. The number of hydrogen-bond donors (Lipinski definition) is 1. The second kappa shape index (κ2) is 8.91. The van der Waals surface area contributed by atoms with Crippen molar-refractivity contribution in [3.8, 4) is 0 Å². The van der Waals surface area contributed by atoms with Gasteiger partial charge in [0.25, 0.3) is 0 Å². The minimum Gasteiger partial charge on any atom is -0.381 e. The van der Waals surface area contributed by atoms with E-state index in [0.29, 0.717) is 6.54 Å². The van der Waals surface area contributed by atoms with Gasteiger partial charge in [0, 0.05) is 30.9 Å². The van der Waals surface area contributed by atoms with Gasteiger partial charge in [-0.2, -0.15) is 5.10 Å². The molecule has 1 amide bonds. The van der Waals surface area contributed by atoms with Crippen LogP contribution in [0.15, 0.2) is 30.3 Å². The number of carbonyl (C=O) groups excluding carboxylic acids is 1. The van der Waals surface area contributed by atoms with Crippen molar-refractivity contribution in [1.29, 1.82) is 0 Å². The molecule has 152 valence electrons. The van der Waals surface area contributed by atoms with Gasteiger partial charge in [-0.15, -0.1) is 0 Å². The van der Waals surface area contributed by atoms with Gasteiger partial charge in [-0.1, -0.05) is 43.2 Å². The number of amides is 1. The molecule has 1 aliphatic heterocycles. The van der Waals surface area contributed by atoms with Gasteiger partial charge >= 0.3 is 0 Å². The number of carbonyl (C=O) groups is 1. The molecule has 5 nitrogen and oxygen atoms in total. The largest absolute Gasteiger partial charge is 0.381 e. The molecule has 0 spiro atoms. The van der Waals surface area contributed by atoms with E-state index in [0.717, 1.165) is 50.3 Å². The summed E-state index contributed by atoms with van der Waals surface area (Å²) in [6.07, 6.45) is 3.58. The number of benzene rings is 1. The lowest BCUT2D eigenvalue weighted by Crippen LogP contribution is -2.46. The molecule has 2 heterocycles. The van der Waals surface area contributed by atoms with Crippen LogP contribution in [0.5, 0.6) is 0 Å². The summed E-state index contributed by atoms with van der Waals surface area (Å²) in [5, 5.41) is 7.84. The highest BCUT2D eigenvalue weighted by Crippen LogP contribution is 2.35. The normalized spacial score (nSPS) is 17.3. The number of rotatable bonds is 7. The molecule has 1 atom stereocenters. The van der Waals surface area contributed by atoms with Gasteiger partial charge in [-0.25, -0.2) is 0 Å². The summed E-state index contributed by atoms with van der Waals surface area (Å²) in [6, 6.07) is 10.4. The maximum absolute atomic E-state index is 13.2. The third-order valence-corrected chi connectivity index (χ3v) is 5.89. The molecule has 0 radical (unpaired) electrons. The van der Waals surface area contributed by atoms with E-state index in [9.17, 15) is 4.79 Å². The Hall–Kier alpha value is -2.14. The standard InChI is InChI=1S/C23H33N3O2/c1-5-7-21(26-19(4)15-18(3)25-26)22(27)24-16-23(10-12-28-13-11-23)20-9-6-8-17(2)14-20/h6,8-9,14-15,21H,5,7,10-13,16H2,1-4H3,(H,24,27)/t21-/m1/s1. The highest BCUT2D eigenvalue weighted by atomic mass is 16.5. The predicted molar refractivity (Wildman–Crippen MR) is 112 cm³/mol. The van der Waals surface area contributed by atoms with E-state index in [1.54, 1.807) is 0 Å². The Balaban J connectivity index is 1.80. The van der Waals surface area contributed by atoms with Crippen LogP contribution in [0.1, 0.15) is 61.2 Å². The Morgan fingerprint density at radius 1 is 1.25 bits per heavy atom. The van der Waals surface area contributed by atoms with E-state index in [-0.39, 0.29) is 17.4 Å². The molecular weight excluding hydrogens is 350 g/mol. The summed E-state index contributed by atoms with van der Waals surface area (Å²) in [7, 11) is 0. The van der Waals surface area contributed by atoms with Crippen LogP contribution in [0.2, 0.25) is 0 Å². The van der Waals surface area contributed by atoms with Crippen molar-refractivity contribution >= 4 is 5.91 Å². The molecule has 0 saturated carbocycles. The van der Waals surface area contributed by atoms with Crippen molar-refractivity contribution in [2.45, 2.75) is 64.8 Å². The second-order valence-corrected chi connectivity index (χ2v) is 8.16. The molecule has 0 unspecified atom stereocenters. The molecule has 5 heteroatoms. The van der Waals surface area contributed by atoms with E-state index in [1.807, 2.05) is 24.6 Å². The molecule has 1 fully saturated rings. The Kier molecular flexibility index (Phi) is 6.55. The summed E-state index contributed by atoms with van der Waals surface area (Å²) in [6.45, 7) is 10.3. The maximum Gasteiger partial charge on any atom is 0.244 e. The highest BCUT2D eigenvalue weighted by molar-refractivity contribution is 5.80. The third kappa shape index (κ3) is 4.46. The Morgan fingerprint density at radius 2 is 2.00 bits per heavy atom. The topological polar surface area (TPSA) is 56.1 Å². The van der Waals surface area contributed by atoms with E-state index in [4.69, 9.17) is 4.74 Å². The lowest BCUT2D eigenvalue weighted by molar-refractivity contribution is -0.125. The molecule has 1 aliphatic rings. The summed E-state index contributed by atoms with van der Waals surface area (Å²) < 4.78 is 7.52. The lowest BCUT2D eigenvalue weighted by Gasteiger charge is -2.38. The molecule has 0 aliphatic carbocycles. The molecule has 1 aromatic heterocycles. The van der Waals surface area contributed by atoms with E-state index in [1.165, 1.54) is 11.1 Å². The lowest BCUT2D eigenvalue weighted by atomic mass is 9.73. The summed E-state index contributed by atoms with van der Waals surface area (Å²) >= 11 is 0. The molecule has 1 saturated heterocycles. The zero-order valence-electron chi connectivity index (χ0n) is 17.6. The van der Waals surface area contributed by atoms with Gasteiger partial charge < -0.3 is 10.1 Å². The molecular formula is C23H33N3O2. The van der Waals surface area contributed by atoms with E-state index < -0.39 is 0 Å². The Labute approximate surface area is 168 Å². The van der Waals surface area contributed by atoms with E-state index in [2.05, 4.69) is 48.5 Å². The van der Waals surface area contributed by atoms with Crippen molar-refractivity contribution in [3.63, 3.8) is 0 Å². The highest BCUT2D eigenvalue weighted by Gasteiger charge is 2.35. The number of nitrogens with one attached hydrogen (secondary N) is 1. The van der Waals surface area contributed by atoms with Crippen LogP contribution >= 0.6 is 0 Å². The maximum atomic E-state index is 13.2. The van der Waals surface area contributed by atoms with Crippen LogP contribution in [-0.2, 0) is 14.9 Å². The van der Waals surface area contributed by atoms with Gasteiger partial charge in [0.15, 0.2) is 0 Å². The van der Waals surface area contributed by atoms with Crippen LogP contribution in [0.25, 0.3) is 0 Å². The van der Waals surface area contributed by atoms with Crippen molar-refractivity contribution in [2.24, 2.45) is 0 Å². The zero-order chi connectivity index (χ0) is 20.1. The first-order chi connectivity index (χ1) is 13.4. The number of hydrogen-bond acceptors (Lipinski definition) is 3. The third-order valence-electron chi connectivity index (χ3n) is 5.89.